The van der Waals surface area contributed by atoms with Crippen LogP contribution in [-0.4, -0.2) is 41.2 Å². The van der Waals surface area contributed by atoms with Crippen LogP contribution in [0.2, 0.25) is 0 Å². The first-order valence-electron chi connectivity index (χ1n) is 20.4. The number of benzene rings is 6. The fourth-order valence-electron chi connectivity index (χ4n) is 9.79. The summed E-state index contributed by atoms with van der Waals surface area (Å²) in [6.45, 7) is 4.68. The number of rotatable bonds is 7. The topological polar surface area (TPSA) is 109 Å². The van der Waals surface area contributed by atoms with Crippen molar-refractivity contribution in [3.8, 4) is 23.0 Å². The van der Waals surface area contributed by atoms with Crippen LogP contribution in [0.3, 0.4) is 0 Å². The van der Waals surface area contributed by atoms with Gasteiger partial charge in [0.05, 0.1) is 40.8 Å². The van der Waals surface area contributed by atoms with Crippen molar-refractivity contribution in [1.29, 1.82) is 0 Å². The molecule has 4 atom stereocenters. The first-order valence-corrected chi connectivity index (χ1v) is 20.4. The number of carbonyl (C=O) groups is 3. The third-order valence-electron chi connectivity index (χ3n) is 12.4. The average Bonchev–Trinajstić information content (AvgIpc) is 3.57. The summed E-state index contributed by atoms with van der Waals surface area (Å²) in [7, 11) is 0. The molecule has 1 saturated heterocycles. The molecular weight excluding hydrogens is 774 g/mol. The quantitative estimate of drug-likeness (QED) is 0.171. The lowest BCUT2D eigenvalue weighted by molar-refractivity contribution is -0.146. The van der Waals surface area contributed by atoms with Gasteiger partial charge in [0.1, 0.15) is 17.2 Å². The molecule has 11 heteroatoms. The second-order valence-corrected chi connectivity index (χ2v) is 16.5. The van der Waals surface area contributed by atoms with Gasteiger partial charge in [0, 0.05) is 35.4 Å². The Morgan fingerprint density at radius 1 is 0.656 bits per heavy atom. The Hall–Kier alpha value is -6.82. The molecule has 0 saturated carbocycles. The van der Waals surface area contributed by atoms with E-state index >= 15 is 9.18 Å². The Labute approximate surface area is 352 Å². The molecule has 6 aromatic rings. The number of ether oxygens (including phenoxy) is 3. The number of halogens is 1. The van der Waals surface area contributed by atoms with E-state index in [4.69, 9.17) is 14.2 Å². The van der Waals surface area contributed by atoms with Crippen LogP contribution in [0.15, 0.2) is 140 Å². The Morgan fingerprint density at radius 3 is 1.72 bits per heavy atom. The van der Waals surface area contributed by atoms with Gasteiger partial charge in [-0.25, -0.2) is 4.39 Å². The predicted molar refractivity (Wildman–Crippen MR) is 229 cm³/mol. The number of hydrogen-bond donors (Lipinski definition) is 1. The summed E-state index contributed by atoms with van der Waals surface area (Å²) in [5.74, 6) is -0.453. The third-order valence-corrected chi connectivity index (χ3v) is 12.4. The number of nitrogens with zero attached hydrogens (tertiary/aromatic N) is 3. The number of anilines is 5. The van der Waals surface area contributed by atoms with E-state index in [1.807, 2.05) is 85.8 Å². The van der Waals surface area contributed by atoms with Crippen molar-refractivity contribution < 1.29 is 38.1 Å². The highest BCUT2D eigenvalue weighted by Gasteiger charge is 2.66. The maximum Gasteiger partial charge on any atom is 0.266 e. The van der Waals surface area contributed by atoms with Gasteiger partial charge < -0.3 is 24.2 Å². The first-order chi connectivity index (χ1) is 29.5. The molecule has 0 unspecified atom stereocenters. The molecule has 6 aromatic carbocycles. The monoisotopic (exact) mass is 815 g/mol. The zero-order chi connectivity index (χ0) is 42.2. The fourth-order valence-corrected chi connectivity index (χ4v) is 9.79. The molecule has 1 fully saturated rings. The van der Waals surface area contributed by atoms with E-state index in [1.54, 1.807) is 75.4 Å². The van der Waals surface area contributed by atoms with Gasteiger partial charge in [0.15, 0.2) is 17.1 Å². The van der Waals surface area contributed by atoms with Crippen LogP contribution in [0.4, 0.5) is 32.8 Å². The van der Waals surface area contributed by atoms with E-state index in [-0.39, 0.29) is 37.3 Å². The molecule has 0 aromatic heterocycles. The van der Waals surface area contributed by atoms with Crippen molar-refractivity contribution in [3.05, 3.63) is 162 Å². The molecule has 61 heavy (non-hydrogen) atoms. The van der Waals surface area contributed by atoms with E-state index < -0.39 is 29.2 Å². The van der Waals surface area contributed by atoms with Crippen LogP contribution in [0.5, 0.6) is 23.0 Å². The van der Waals surface area contributed by atoms with E-state index in [1.165, 1.54) is 13.8 Å². The van der Waals surface area contributed by atoms with Crippen molar-refractivity contribution in [2.45, 2.75) is 51.1 Å². The number of carbonyl (C=O) groups excluding carboxylic acids is 3. The van der Waals surface area contributed by atoms with Gasteiger partial charge in [-0.2, -0.15) is 0 Å². The van der Waals surface area contributed by atoms with E-state index in [2.05, 4.69) is 0 Å². The van der Waals surface area contributed by atoms with Gasteiger partial charge in [0.2, 0.25) is 0 Å². The van der Waals surface area contributed by atoms with Gasteiger partial charge >= 0.3 is 0 Å². The van der Waals surface area contributed by atoms with E-state index in [9.17, 15) is 14.7 Å². The summed E-state index contributed by atoms with van der Waals surface area (Å²) in [5.41, 5.74) is 1.40. The van der Waals surface area contributed by atoms with Crippen LogP contribution < -0.4 is 24.2 Å². The Bertz CT molecular complexity index is 2750. The molecule has 0 radical (unpaired) electrons. The molecule has 10 rings (SSSR count). The number of alkyl halides is 1. The molecule has 306 valence electrons. The molecule has 4 aliphatic heterocycles. The highest BCUT2D eigenvalue weighted by molar-refractivity contribution is 6.16. The second kappa shape index (κ2) is 14.4. The Kier molecular flexibility index (Phi) is 9.08. The Morgan fingerprint density at radius 2 is 1.16 bits per heavy atom. The molecule has 4 aliphatic rings. The third kappa shape index (κ3) is 6.01. The van der Waals surface area contributed by atoms with Crippen molar-refractivity contribution in [2.24, 2.45) is 11.8 Å². The van der Waals surface area contributed by atoms with Gasteiger partial charge in [-0.1, -0.05) is 67.6 Å². The first kappa shape index (κ1) is 38.4. The van der Waals surface area contributed by atoms with Gasteiger partial charge in [-0.3, -0.25) is 24.2 Å². The molecule has 4 heterocycles. The summed E-state index contributed by atoms with van der Waals surface area (Å²) < 4.78 is 35.6. The predicted octanol–water partition coefficient (Wildman–Crippen LogP) is 10.4. The summed E-state index contributed by atoms with van der Waals surface area (Å²) in [6, 6.07) is 41.7. The molecule has 3 amide bonds. The lowest BCUT2D eigenvalue weighted by Gasteiger charge is -2.32. The normalized spacial score (nSPS) is 21.5. The average molecular weight is 816 g/mol. The zero-order valence-corrected chi connectivity index (χ0v) is 33.7. The van der Waals surface area contributed by atoms with Gasteiger partial charge in [-0.15, -0.1) is 0 Å². The summed E-state index contributed by atoms with van der Waals surface area (Å²) in [6.07, 6.45) is -0.642. The number of aliphatic hydroxyl groups excluding tert-OH is 1. The molecule has 0 aliphatic carbocycles. The molecule has 1 spiro atoms. The minimum Gasteiger partial charge on any atom is -0.454 e. The number of aliphatic hydroxyl groups is 1. The van der Waals surface area contributed by atoms with Gasteiger partial charge in [0.25, 0.3) is 17.7 Å². The molecular formula is C50H42FN3O7. The molecule has 0 bridgehead atoms. The van der Waals surface area contributed by atoms with Crippen molar-refractivity contribution >= 4 is 46.2 Å². The summed E-state index contributed by atoms with van der Waals surface area (Å²) >= 11 is 0. The van der Waals surface area contributed by atoms with Crippen LogP contribution in [0.1, 0.15) is 59.0 Å². The summed E-state index contributed by atoms with van der Waals surface area (Å²) in [5, 5.41) is 10.1. The standard InChI is InChI=1S/C50H42FN3O7/c1-30-45(49(2,3)51)44(26-27-55)61-50(30)36-28-33(54-39-15-7-11-19-43(39)60-41-17-9-5-13-35(41)47(54)57)24-25-37(36)52(48(50)58)29-31-20-22-32(23-21-31)53-38-14-6-10-18-42(38)59-40-16-8-4-12-34(40)46(53)56/h4-25,28,30,44-45,55H,26-27,29H2,1-3H3/t30-,44+,45-,50+/m0/s1. The van der Waals surface area contributed by atoms with Gasteiger partial charge in [-0.05, 0) is 105 Å². The maximum atomic E-state index is 16.3. The SMILES string of the molecule is C[C@H]1[C@H](C(C)(C)F)[C@@H](CCO)O[C@]12C(=O)N(Cc1ccc(N3C(=O)c4ccccc4Oc4ccccc43)cc1)c1ccc(N3C(=O)c4ccccc4Oc4ccccc43)cc12. The van der Waals surface area contributed by atoms with Crippen molar-refractivity contribution in [2.75, 3.05) is 21.3 Å². The summed E-state index contributed by atoms with van der Waals surface area (Å²) in [4.78, 5) is 48.8. The smallest absolute Gasteiger partial charge is 0.266 e. The van der Waals surface area contributed by atoms with Crippen molar-refractivity contribution in [3.63, 3.8) is 0 Å². The zero-order valence-electron chi connectivity index (χ0n) is 33.7. The number of fused-ring (bicyclic) bond motifs is 6. The fraction of sp³-hybridized carbons (Fsp3) is 0.220. The van der Waals surface area contributed by atoms with Crippen LogP contribution >= 0.6 is 0 Å². The van der Waals surface area contributed by atoms with Crippen LogP contribution in [-0.2, 0) is 21.7 Å². The number of hydrogen-bond acceptors (Lipinski definition) is 7. The number of para-hydroxylation sites is 6. The minimum absolute atomic E-state index is 0.126. The van der Waals surface area contributed by atoms with E-state index in [0.29, 0.717) is 68.1 Å². The second-order valence-electron chi connectivity index (χ2n) is 16.5. The van der Waals surface area contributed by atoms with Crippen molar-refractivity contribution in [1.82, 2.24) is 0 Å². The van der Waals surface area contributed by atoms with Crippen LogP contribution in [0, 0.1) is 11.8 Å². The minimum atomic E-state index is -1.76. The van der Waals surface area contributed by atoms with Crippen LogP contribution in [0.25, 0.3) is 0 Å². The highest BCUT2D eigenvalue weighted by Crippen LogP contribution is 2.59. The molecule has 1 N–H and O–H groups in total. The lowest BCUT2D eigenvalue weighted by Crippen LogP contribution is -2.45. The maximum absolute atomic E-state index is 16.3. The highest BCUT2D eigenvalue weighted by atomic mass is 19.1. The van der Waals surface area contributed by atoms with E-state index in [0.717, 1.165) is 5.56 Å². The lowest BCUT2D eigenvalue weighted by atomic mass is 9.71. The molecule has 10 nitrogen and oxygen atoms in total. The largest absolute Gasteiger partial charge is 0.454 e. The number of amides is 3. The Balaban J connectivity index is 1.07.